The molecule has 0 bridgehead atoms. The average molecular weight is 408 g/mol. The van der Waals surface area contributed by atoms with Crippen molar-refractivity contribution in [3.63, 3.8) is 0 Å². The molecule has 0 amide bonds. The van der Waals surface area contributed by atoms with E-state index in [1.165, 1.54) is 0 Å². The van der Waals surface area contributed by atoms with Gasteiger partial charge in [0.1, 0.15) is 10.8 Å². The molecule has 1 heterocycles. The maximum atomic E-state index is 5.54. The van der Waals surface area contributed by atoms with Crippen LogP contribution in [0.25, 0.3) is 11.1 Å². The molecule has 0 aliphatic rings. The standard InChI is InChI=1S/C23H25N3S2/c1-17(2)13-14-24-23(27)19-8-6-7-18(15-19)20-11-12-22(25-16-20)26-28-21-9-4-3-5-10-21/h3-12,15-17H,13-14H2,1-2H3,(H,24,27)(H,25,26). The first kappa shape index (κ1) is 20.4. The van der Waals surface area contributed by atoms with Crippen LogP contribution in [-0.4, -0.2) is 16.5 Å². The lowest BCUT2D eigenvalue weighted by atomic mass is 10.0. The molecule has 2 N–H and O–H groups in total. The van der Waals surface area contributed by atoms with Crippen LogP contribution in [0, 0.1) is 5.92 Å². The van der Waals surface area contributed by atoms with Crippen LogP contribution in [0.15, 0.2) is 77.8 Å². The molecule has 0 atom stereocenters. The van der Waals surface area contributed by atoms with Gasteiger partial charge in [-0.1, -0.05) is 62.5 Å². The fraction of sp³-hybridized carbons (Fsp3) is 0.217. The number of aromatic nitrogens is 1. The van der Waals surface area contributed by atoms with Gasteiger partial charge in [-0.15, -0.1) is 0 Å². The number of benzene rings is 2. The highest BCUT2D eigenvalue weighted by molar-refractivity contribution is 8.00. The zero-order valence-corrected chi connectivity index (χ0v) is 17.8. The molecule has 1 aromatic heterocycles. The summed E-state index contributed by atoms with van der Waals surface area (Å²) in [6.07, 6.45) is 3.00. The number of pyridine rings is 1. The predicted molar refractivity (Wildman–Crippen MR) is 125 cm³/mol. The average Bonchev–Trinajstić information content (AvgIpc) is 2.73. The Morgan fingerprint density at radius 1 is 1.00 bits per heavy atom. The van der Waals surface area contributed by atoms with Crippen molar-refractivity contribution in [1.29, 1.82) is 0 Å². The largest absolute Gasteiger partial charge is 0.376 e. The Hall–Kier alpha value is -2.37. The summed E-state index contributed by atoms with van der Waals surface area (Å²) in [5.74, 6) is 1.50. The second kappa shape index (κ2) is 10.2. The SMILES string of the molecule is CC(C)CCNC(=S)c1cccc(-c2ccc(NSc3ccccc3)nc2)c1. The van der Waals surface area contributed by atoms with E-state index in [0.29, 0.717) is 5.92 Å². The van der Waals surface area contributed by atoms with Crippen LogP contribution < -0.4 is 10.0 Å². The number of thiocarbonyl (C=S) groups is 1. The quantitative estimate of drug-likeness (QED) is 0.344. The normalized spacial score (nSPS) is 10.7. The zero-order chi connectivity index (χ0) is 19.8. The molecule has 144 valence electrons. The maximum Gasteiger partial charge on any atom is 0.136 e. The van der Waals surface area contributed by atoms with Gasteiger partial charge in [-0.25, -0.2) is 4.98 Å². The van der Waals surface area contributed by atoms with Crippen LogP contribution in [0.3, 0.4) is 0 Å². The molecule has 2 aromatic carbocycles. The van der Waals surface area contributed by atoms with Gasteiger partial charge in [0.05, 0.1) is 0 Å². The van der Waals surface area contributed by atoms with Crippen molar-refractivity contribution >= 4 is 35.0 Å². The summed E-state index contributed by atoms with van der Waals surface area (Å²) in [6, 6.07) is 22.6. The number of nitrogens with zero attached hydrogens (tertiary/aromatic N) is 1. The van der Waals surface area contributed by atoms with Crippen molar-refractivity contribution in [2.24, 2.45) is 5.92 Å². The fourth-order valence-corrected chi connectivity index (χ4v) is 3.51. The molecule has 0 saturated carbocycles. The van der Waals surface area contributed by atoms with Gasteiger partial charge in [0.25, 0.3) is 0 Å². The number of hydrogen-bond acceptors (Lipinski definition) is 4. The van der Waals surface area contributed by atoms with Gasteiger partial charge in [-0.3, -0.25) is 0 Å². The lowest BCUT2D eigenvalue weighted by Crippen LogP contribution is -2.24. The van der Waals surface area contributed by atoms with Crippen LogP contribution in [0.5, 0.6) is 0 Å². The van der Waals surface area contributed by atoms with Crippen molar-refractivity contribution in [3.8, 4) is 11.1 Å². The Labute approximate surface area is 177 Å². The van der Waals surface area contributed by atoms with E-state index in [-0.39, 0.29) is 0 Å². The Morgan fingerprint density at radius 2 is 1.82 bits per heavy atom. The van der Waals surface area contributed by atoms with E-state index in [4.69, 9.17) is 12.2 Å². The Kier molecular flexibility index (Phi) is 7.46. The van der Waals surface area contributed by atoms with Gasteiger partial charge in [-0.05, 0) is 60.2 Å². The number of rotatable bonds is 8. The van der Waals surface area contributed by atoms with Crippen LogP contribution >= 0.6 is 24.2 Å². The van der Waals surface area contributed by atoms with E-state index >= 15 is 0 Å². The maximum absolute atomic E-state index is 5.54. The number of nitrogens with one attached hydrogen (secondary N) is 2. The molecule has 0 radical (unpaired) electrons. The highest BCUT2D eigenvalue weighted by Crippen LogP contribution is 2.23. The summed E-state index contributed by atoms with van der Waals surface area (Å²) in [5.41, 5.74) is 3.22. The van der Waals surface area contributed by atoms with E-state index in [9.17, 15) is 0 Å². The third-order valence-electron chi connectivity index (χ3n) is 4.25. The molecule has 0 unspecified atom stereocenters. The van der Waals surface area contributed by atoms with Gasteiger partial charge in [0, 0.05) is 28.8 Å². The predicted octanol–water partition coefficient (Wildman–Crippen LogP) is 6.18. The van der Waals surface area contributed by atoms with Gasteiger partial charge in [0.15, 0.2) is 0 Å². The van der Waals surface area contributed by atoms with Crippen LogP contribution in [0.1, 0.15) is 25.8 Å². The van der Waals surface area contributed by atoms with E-state index in [1.807, 2.05) is 42.6 Å². The van der Waals surface area contributed by atoms with Gasteiger partial charge < -0.3 is 10.0 Å². The molecular weight excluding hydrogens is 382 g/mol. The van der Waals surface area contributed by atoms with Crippen molar-refractivity contribution in [2.75, 3.05) is 11.3 Å². The number of hydrogen-bond donors (Lipinski definition) is 2. The molecule has 0 aliphatic heterocycles. The first-order chi connectivity index (χ1) is 13.6. The third-order valence-corrected chi connectivity index (χ3v) is 5.44. The highest BCUT2D eigenvalue weighted by atomic mass is 32.2. The Bertz CT molecular complexity index is 893. The zero-order valence-electron chi connectivity index (χ0n) is 16.2. The van der Waals surface area contributed by atoms with Crippen LogP contribution in [0.2, 0.25) is 0 Å². The topological polar surface area (TPSA) is 37.0 Å². The van der Waals surface area contributed by atoms with Crippen molar-refractivity contribution in [3.05, 3.63) is 78.5 Å². The van der Waals surface area contributed by atoms with E-state index < -0.39 is 0 Å². The summed E-state index contributed by atoms with van der Waals surface area (Å²) in [4.78, 5) is 6.48. The molecule has 0 fully saturated rings. The first-order valence-corrected chi connectivity index (χ1v) is 10.7. The molecule has 3 aromatic rings. The minimum atomic E-state index is 0.667. The summed E-state index contributed by atoms with van der Waals surface area (Å²) in [7, 11) is 0. The van der Waals surface area contributed by atoms with E-state index in [2.05, 4.69) is 59.2 Å². The molecule has 0 aliphatic carbocycles. The molecule has 28 heavy (non-hydrogen) atoms. The molecular formula is C23H25N3S2. The van der Waals surface area contributed by atoms with Crippen molar-refractivity contribution in [1.82, 2.24) is 10.3 Å². The first-order valence-electron chi connectivity index (χ1n) is 9.44. The van der Waals surface area contributed by atoms with Crippen LogP contribution in [0.4, 0.5) is 5.82 Å². The molecule has 3 nitrogen and oxygen atoms in total. The third kappa shape index (κ3) is 6.08. The summed E-state index contributed by atoms with van der Waals surface area (Å²) < 4.78 is 3.28. The second-order valence-corrected chi connectivity index (χ2v) is 8.26. The molecule has 0 spiro atoms. The lowest BCUT2D eigenvalue weighted by Gasteiger charge is -2.11. The van der Waals surface area contributed by atoms with Gasteiger partial charge in [0.2, 0.25) is 0 Å². The molecule has 5 heteroatoms. The smallest absolute Gasteiger partial charge is 0.136 e. The van der Waals surface area contributed by atoms with Crippen molar-refractivity contribution in [2.45, 2.75) is 25.2 Å². The fourth-order valence-electron chi connectivity index (χ4n) is 2.64. The summed E-state index contributed by atoms with van der Waals surface area (Å²) in [5, 5.41) is 3.35. The van der Waals surface area contributed by atoms with Gasteiger partial charge in [-0.2, -0.15) is 0 Å². The number of anilines is 1. The van der Waals surface area contributed by atoms with E-state index in [0.717, 1.165) is 45.4 Å². The monoisotopic (exact) mass is 407 g/mol. The van der Waals surface area contributed by atoms with Gasteiger partial charge >= 0.3 is 0 Å². The minimum absolute atomic E-state index is 0.667. The Morgan fingerprint density at radius 3 is 2.54 bits per heavy atom. The second-order valence-electron chi connectivity index (χ2n) is 6.97. The molecule has 0 saturated heterocycles. The van der Waals surface area contributed by atoms with E-state index in [1.54, 1.807) is 11.9 Å². The Balaban J connectivity index is 1.62. The highest BCUT2D eigenvalue weighted by Gasteiger charge is 2.05. The van der Waals surface area contributed by atoms with Crippen molar-refractivity contribution < 1.29 is 0 Å². The minimum Gasteiger partial charge on any atom is -0.376 e. The van der Waals surface area contributed by atoms with Crippen LogP contribution in [-0.2, 0) is 0 Å². The lowest BCUT2D eigenvalue weighted by molar-refractivity contribution is 0.579. The molecule has 3 rings (SSSR count). The summed E-state index contributed by atoms with van der Waals surface area (Å²) >= 11 is 7.10. The summed E-state index contributed by atoms with van der Waals surface area (Å²) in [6.45, 7) is 5.34.